The Hall–Kier alpha value is -1.34. The van der Waals surface area contributed by atoms with Gasteiger partial charge in [-0.3, -0.25) is 4.79 Å². The van der Waals surface area contributed by atoms with Gasteiger partial charge in [-0.2, -0.15) is 0 Å². The Morgan fingerprint density at radius 1 is 1.39 bits per heavy atom. The van der Waals surface area contributed by atoms with Crippen LogP contribution in [-0.4, -0.2) is 6.29 Å². The first-order valence-electron chi connectivity index (χ1n) is 6.00. The Morgan fingerprint density at radius 2 is 2.00 bits per heavy atom. The van der Waals surface area contributed by atoms with E-state index in [0.29, 0.717) is 22.1 Å². The van der Waals surface area contributed by atoms with Crippen LogP contribution >= 0.6 is 11.6 Å². The molecule has 2 heteroatoms. The molecule has 0 aliphatic rings. The van der Waals surface area contributed by atoms with Crippen molar-refractivity contribution >= 4 is 23.5 Å². The van der Waals surface area contributed by atoms with Crippen molar-refractivity contribution in [3.05, 3.63) is 52.1 Å². The molecule has 0 unspecified atom stereocenters. The quantitative estimate of drug-likeness (QED) is 0.431. The molecule has 0 saturated heterocycles. The predicted octanol–water partition coefficient (Wildman–Crippen LogP) is 4.83. The molecule has 96 valence electrons. The number of aryl methyl sites for hydroxylation is 1. The van der Waals surface area contributed by atoms with Gasteiger partial charge in [0, 0.05) is 16.2 Å². The highest BCUT2D eigenvalue weighted by molar-refractivity contribution is 6.33. The molecule has 0 N–H and O–H groups in total. The molecule has 0 amide bonds. The molecular weight excluding hydrogens is 244 g/mol. The van der Waals surface area contributed by atoms with Crippen LogP contribution in [0.1, 0.15) is 31.9 Å². The van der Waals surface area contributed by atoms with Crippen LogP contribution in [0.5, 0.6) is 0 Å². The van der Waals surface area contributed by atoms with Crippen molar-refractivity contribution in [1.29, 1.82) is 0 Å². The number of aldehydes is 1. The third-order valence-corrected chi connectivity index (χ3v) is 3.57. The number of benzene rings is 1. The molecule has 1 nitrogen and oxygen atoms in total. The van der Waals surface area contributed by atoms with Gasteiger partial charge in [-0.05, 0) is 37.0 Å². The molecule has 1 aromatic carbocycles. The molecule has 0 saturated carbocycles. The SMILES string of the molecule is C=C(/C(C=O)=C(\C)C(C)C)c1c(C)cccc1Cl. The highest BCUT2D eigenvalue weighted by atomic mass is 35.5. The van der Waals surface area contributed by atoms with Crippen LogP contribution in [0.2, 0.25) is 5.02 Å². The van der Waals surface area contributed by atoms with Crippen molar-refractivity contribution in [2.24, 2.45) is 5.92 Å². The van der Waals surface area contributed by atoms with Gasteiger partial charge in [0.25, 0.3) is 0 Å². The van der Waals surface area contributed by atoms with Gasteiger partial charge in [0.05, 0.1) is 0 Å². The average Bonchev–Trinajstić information content (AvgIpc) is 2.29. The number of rotatable bonds is 4. The van der Waals surface area contributed by atoms with Gasteiger partial charge in [0.2, 0.25) is 0 Å². The van der Waals surface area contributed by atoms with E-state index in [1.54, 1.807) is 0 Å². The zero-order valence-electron chi connectivity index (χ0n) is 11.4. The minimum Gasteiger partial charge on any atom is -0.298 e. The summed E-state index contributed by atoms with van der Waals surface area (Å²) in [5.41, 5.74) is 4.29. The summed E-state index contributed by atoms with van der Waals surface area (Å²) in [6, 6.07) is 5.69. The number of halogens is 1. The molecule has 0 heterocycles. The second kappa shape index (κ2) is 6.01. The monoisotopic (exact) mass is 262 g/mol. The van der Waals surface area contributed by atoms with E-state index in [1.165, 1.54) is 0 Å². The van der Waals surface area contributed by atoms with Gasteiger partial charge in [0.15, 0.2) is 6.29 Å². The van der Waals surface area contributed by atoms with E-state index in [9.17, 15) is 4.79 Å². The fourth-order valence-electron chi connectivity index (χ4n) is 1.86. The summed E-state index contributed by atoms with van der Waals surface area (Å²) in [6.07, 6.45) is 0.875. The van der Waals surface area contributed by atoms with Crippen molar-refractivity contribution in [2.75, 3.05) is 0 Å². The maximum absolute atomic E-state index is 11.3. The zero-order valence-corrected chi connectivity index (χ0v) is 12.1. The summed E-state index contributed by atoms with van der Waals surface area (Å²) in [5, 5.41) is 0.635. The third-order valence-electron chi connectivity index (χ3n) is 3.26. The van der Waals surface area contributed by atoms with E-state index in [0.717, 1.165) is 23.0 Å². The molecule has 18 heavy (non-hydrogen) atoms. The van der Waals surface area contributed by atoms with Crippen LogP contribution in [0.3, 0.4) is 0 Å². The molecule has 0 aliphatic carbocycles. The smallest absolute Gasteiger partial charge is 0.150 e. The number of hydrogen-bond acceptors (Lipinski definition) is 1. The molecule has 0 spiro atoms. The first-order chi connectivity index (χ1) is 8.40. The van der Waals surface area contributed by atoms with Crippen molar-refractivity contribution in [3.8, 4) is 0 Å². The molecule has 0 radical (unpaired) electrons. The van der Waals surface area contributed by atoms with Crippen LogP contribution in [0.4, 0.5) is 0 Å². The second-order valence-corrected chi connectivity index (χ2v) is 5.19. The maximum Gasteiger partial charge on any atom is 0.150 e. The van der Waals surface area contributed by atoms with Gasteiger partial charge in [-0.15, -0.1) is 0 Å². The third kappa shape index (κ3) is 2.91. The molecular formula is C16H19ClO. The van der Waals surface area contributed by atoms with Crippen LogP contribution in [0, 0.1) is 12.8 Å². The Morgan fingerprint density at radius 3 is 2.44 bits per heavy atom. The van der Waals surface area contributed by atoms with Crippen LogP contribution in [0.15, 0.2) is 35.9 Å². The minimum absolute atomic E-state index is 0.310. The summed E-state index contributed by atoms with van der Waals surface area (Å²) in [7, 11) is 0. The van der Waals surface area contributed by atoms with E-state index in [-0.39, 0.29) is 0 Å². The van der Waals surface area contributed by atoms with Gasteiger partial charge in [-0.1, -0.05) is 49.7 Å². The lowest BCUT2D eigenvalue weighted by Crippen LogP contribution is -2.01. The second-order valence-electron chi connectivity index (χ2n) is 4.78. The molecule has 1 rings (SSSR count). The molecule has 0 fully saturated rings. The first-order valence-corrected chi connectivity index (χ1v) is 6.38. The number of carbonyl (C=O) groups excluding carboxylic acids is 1. The summed E-state index contributed by atoms with van der Waals surface area (Å²) in [5.74, 6) is 0.310. The maximum atomic E-state index is 11.3. The highest BCUT2D eigenvalue weighted by Crippen LogP contribution is 2.32. The molecule has 1 aromatic rings. The highest BCUT2D eigenvalue weighted by Gasteiger charge is 2.14. The standard InChI is InChI=1S/C16H19ClO/c1-10(2)12(4)14(9-18)13(5)16-11(3)7-6-8-15(16)17/h6-10H,5H2,1-4H3/b14-12+. The zero-order chi connectivity index (χ0) is 13.9. The summed E-state index contributed by atoms with van der Waals surface area (Å²) in [4.78, 5) is 11.3. The number of allylic oxidation sites excluding steroid dienone is 3. The fourth-order valence-corrected chi connectivity index (χ4v) is 2.20. The largest absolute Gasteiger partial charge is 0.298 e. The number of carbonyl (C=O) groups is 1. The van der Waals surface area contributed by atoms with Gasteiger partial charge < -0.3 is 0 Å². The van der Waals surface area contributed by atoms with Gasteiger partial charge in [-0.25, -0.2) is 0 Å². The van der Waals surface area contributed by atoms with E-state index < -0.39 is 0 Å². The Balaban J connectivity index is 3.38. The number of hydrogen-bond donors (Lipinski definition) is 0. The van der Waals surface area contributed by atoms with Crippen LogP contribution in [0.25, 0.3) is 5.57 Å². The van der Waals surface area contributed by atoms with Gasteiger partial charge >= 0.3 is 0 Å². The van der Waals surface area contributed by atoms with Crippen molar-refractivity contribution in [2.45, 2.75) is 27.7 Å². The fraction of sp³-hybridized carbons (Fsp3) is 0.312. The molecule has 0 bridgehead atoms. The topological polar surface area (TPSA) is 17.1 Å². The summed E-state index contributed by atoms with van der Waals surface area (Å²) in [6.45, 7) is 12.1. The van der Waals surface area contributed by atoms with Crippen LogP contribution < -0.4 is 0 Å². The Bertz CT molecular complexity index is 490. The van der Waals surface area contributed by atoms with E-state index in [2.05, 4.69) is 20.4 Å². The Kier molecular flexibility index (Phi) is 4.92. The molecule has 0 aromatic heterocycles. The molecule has 0 aliphatic heterocycles. The lowest BCUT2D eigenvalue weighted by molar-refractivity contribution is -0.104. The molecule has 0 atom stereocenters. The summed E-state index contributed by atoms with van der Waals surface area (Å²) < 4.78 is 0. The lowest BCUT2D eigenvalue weighted by atomic mass is 9.90. The van der Waals surface area contributed by atoms with Crippen molar-refractivity contribution in [3.63, 3.8) is 0 Å². The Labute approximate surface area is 114 Å². The van der Waals surface area contributed by atoms with E-state index in [4.69, 9.17) is 11.6 Å². The lowest BCUT2D eigenvalue weighted by Gasteiger charge is -2.15. The van der Waals surface area contributed by atoms with E-state index in [1.807, 2.05) is 32.0 Å². The average molecular weight is 263 g/mol. The van der Waals surface area contributed by atoms with E-state index >= 15 is 0 Å². The first kappa shape index (κ1) is 14.7. The predicted molar refractivity (Wildman–Crippen MR) is 78.8 cm³/mol. The summed E-state index contributed by atoms with van der Waals surface area (Å²) >= 11 is 6.21. The minimum atomic E-state index is 0.310. The van der Waals surface area contributed by atoms with Crippen molar-refractivity contribution < 1.29 is 4.79 Å². The van der Waals surface area contributed by atoms with Gasteiger partial charge in [0.1, 0.15) is 0 Å². The van der Waals surface area contributed by atoms with Crippen molar-refractivity contribution in [1.82, 2.24) is 0 Å². The van der Waals surface area contributed by atoms with Crippen LogP contribution in [-0.2, 0) is 4.79 Å². The normalized spacial score (nSPS) is 12.3.